The Kier molecular flexibility index (Phi) is 4.20. The molecular weight excluding hydrogens is 408 g/mol. The van der Waals surface area contributed by atoms with Crippen LogP contribution in [0.3, 0.4) is 0 Å². The van der Waals surface area contributed by atoms with E-state index in [1.807, 2.05) is 0 Å². The van der Waals surface area contributed by atoms with E-state index in [9.17, 15) is 0 Å². The summed E-state index contributed by atoms with van der Waals surface area (Å²) >= 11 is 0. The van der Waals surface area contributed by atoms with E-state index >= 15 is 0 Å². The molecule has 0 amide bonds. The predicted molar refractivity (Wildman–Crippen MR) is 142 cm³/mol. The van der Waals surface area contributed by atoms with Crippen LogP contribution in [0.5, 0.6) is 0 Å². The van der Waals surface area contributed by atoms with Crippen molar-refractivity contribution >= 4 is 0 Å². The second kappa shape index (κ2) is 7.30. The lowest BCUT2D eigenvalue weighted by molar-refractivity contribution is 0.998. The summed E-state index contributed by atoms with van der Waals surface area (Å²) in [6, 6.07) is 41.0. The summed E-state index contributed by atoms with van der Waals surface area (Å²) in [5.74, 6) is 0.558. The first-order chi connectivity index (χ1) is 16.7. The van der Waals surface area contributed by atoms with Crippen molar-refractivity contribution in [1.82, 2.24) is 0 Å². The SMILES string of the molecule is Cc1ccc2c(c1)C(c1ccccc1)c1cc3c(cc1-2)C(c1ccccc1)c1cc(C)ccc1-3. The van der Waals surface area contributed by atoms with Gasteiger partial charge >= 0.3 is 0 Å². The van der Waals surface area contributed by atoms with Crippen LogP contribution in [-0.4, -0.2) is 0 Å². The topological polar surface area (TPSA) is 0 Å². The molecule has 0 N–H and O–H groups in total. The Morgan fingerprint density at radius 2 is 0.765 bits per heavy atom. The van der Waals surface area contributed by atoms with Gasteiger partial charge in [-0.15, -0.1) is 0 Å². The van der Waals surface area contributed by atoms with Gasteiger partial charge in [0.2, 0.25) is 0 Å². The molecule has 0 saturated carbocycles. The van der Waals surface area contributed by atoms with Crippen LogP contribution in [0.1, 0.15) is 56.3 Å². The van der Waals surface area contributed by atoms with Crippen molar-refractivity contribution in [3.05, 3.63) is 154 Å². The van der Waals surface area contributed by atoms with Crippen molar-refractivity contribution in [2.45, 2.75) is 25.7 Å². The summed E-state index contributed by atoms with van der Waals surface area (Å²) < 4.78 is 0. The van der Waals surface area contributed by atoms with Gasteiger partial charge in [0.05, 0.1) is 0 Å². The van der Waals surface area contributed by atoms with Crippen molar-refractivity contribution in [3.63, 3.8) is 0 Å². The molecule has 0 heteroatoms. The van der Waals surface area contributed by atoms with E-state index in [1.165, 1.54) is 66.8 Å². The highest BCUT2D eigenvalue weighted by Crippen LogP contribution is 2.55. The molecule has 5 aromatic rings. The minimum Gasteiger partial charge on any atom is -0.0622 e. The number of hydrogen-bond donors (Lipinski definition) is 0. The zero-order valence-corrected chi connectivity index (χ0v) is 19.5. The average molecular weight is 435 g/mol. The Hall–Kier alpha value is -3.90. The Bertz CT molecular complexity index is 1440. The van der Waals surface area contributed by atoms with E-state index in [-0.39, 0.29) is 11.8 Å². The Labute approximate surface area is 201 Å². The lowest BCUT2D eigenvalue weighted by Gasteiger charge is -2.17. The molecular formula is C34H26. The van der Waals surface area contributed by atoms with Crippen LogP contribution in [0.25, 0.3) is 22.3 Å². The van der Waals surface area contributed by atoms with Crippen LogP contribution in [0.4, 0.5) is 0 Å². The summed E-state index contributed by atoms with van der Waals surface area (Å²) in [7, 11) is 0. The average Bonchev–Trinajstić information content (AvgIpc) is 3.34. The lowest BCUT2D eigenvalue weighted by Crippen LogP contribution is -2.01. The van der Waals surface area contributed by atoms with Crippen LogP contribution in [0.15, 0.2) is 109 Å². The first-order valence-electron chi connectivity index (χ1n) is 12.2. The summed E-state index contributed by atoms with van der Waals surface area (Å²) in [6.45, 7) is 4.41. The van der Waals surface area contributed by atoms with Gasteiger partial charge in [-0.05, 0) is 81.6 Å². The highest BCUT2D eigenvalue weighted by Gasteiger charge is 2.36. The molecule has 7 rings (SSSR count). The van der Waals surface area contributed by atoms with E-state index < -0.39 is 0 Å². The van der Waals surface area contributed by atoms with Gasteiger partial charge in [-0.1, -0.05) is 108 Å². The molecule has 0 nitrogen and oxygen atoms in total. The quantitative estimate of drug-likeness (QED) is 0.255. The van der Waals surface area contributed by atoms with Gasteiger partial charge in [0, 0.05) is 11.8 Å². The molecule has 0 fully saturated rings. The fourth-order valence-corrected chi connectivity index (χ4v) is 6.25. The molecule has 0 radical (unpaired) electrons. The third-order valence-electron chi connectivity index (χ3n) is 7.73. The van der Waals surface area contributed by atoms with Gasteiger partial charge in [0.15, 0.2) is 0 Å². The summed E-state index contributed by atoms with van der Waals surface area (Å²) in [5.41, 5.74) is 16.7. The van der Waals surface area contributed by atoms with Crippen molar-refractivity contribution in [2.75, 3.05) is 0 Å². The molecule has 0 bridgehead atoms. The second-order valence-corrected chi connectivity index (χ2v) is 9.90. The first-order valence-corrected chi connectivity index (χ1v) is 12.2. The Morgan fingerprint density at radius 3 is 1.18 bits per heavy atom. The molecule has 0 heterocycles. The van der Waals surface area contributed by atoms with Gasteiger partial charge in [-0.25, -0.2) is 0 Å². The molecule has 5 aromatic carbocycles. The number of aryl methyl sites for hydroxylation is 2. The number of rotatable bonds is 2. The molecule has 162 valence electrons. The smallest absolute Gasteiger partial charge is 0.0352 e. The Morgan fingerprint density at radius 1 is 0.382 bits per heavy atom. The molecule has 2 atom stereocenters. The second-order valence-electron chi connectivity index (χ2n) is 9.90. The molecule has 0 spiro atoms. The largest absolute Gasteiger partial charge is 0.0622 e. The molecule has 2 aliphatic rings. The predicted octanol–water partition coefficient (Wildman–Crippen LogP) is 8.62. The van der Waals surface area contributed by atoms with Crippen LogP contribution in [0.2, 0.25) is 0 Å². The van der Waals surface area contributed by atoms with Crippen molar-refractivity contribution < 1.29 is 0 Å². The summed E-state index contributed by atoms with van der Waals surface area (Å²) in [4.78, 5) is 0. The van der Waals surface area contributed by atoms with E-state index in [0.717, 1.165) is 0 Å². The van der Waals surface area contributed by atoms with Gasteiger partial charge < -0.3 is 0 Å². The summed E-state index contributed by atoms with van der Waals surface area (Å²) in [6.07, 6.45) is 0. The normalized spacial score (nSPS) is 17.1. The maximum absolute atomic E-state index is 2.51. The number of benzene rings is 5. The molecule has 2 unspecified atom stereocenters. The lowest BCUT2D eigenvalue weighted by atomic mass is 9.86. The van der Waals surface area contributed by atoms with Crippen LogP contribution >= 0.6 is 0 Å². The van der Waals surface area contributed by atoms with E-state index in [0.29, 0.717) is 0 Å². The fraction of sp³-hybridized carbons (Fsp3) is 0.118. The zero-order chi connectivity index (χ0) is 22.8. The highest BCUT2D eigenvalue weighted by molar-refractivity contribution is 5.89. The zero-order valence-electron chi connectivity index (χ0n) is 19.5. The minimum atomic E-state index is 0.279. The molecule has 0 saturated heterocycles. The van der Waals surface area contributed by atoms with Gasteiger partial charge in [-0.2, -0.15) is 0 Å². The van der Waals surface area contributed by atoms with Crippen molar-refractivity contribution in [3.8, 4) is 22.3 Å². The monoisotopic (exact) mass is 434 g/mol. The maximum Gasteiger partial charge on any atom is 0.0352 e. The molecule has 34 heavy (non-hydrogen) atoms. The van der Waals surface area contributed by atoms with E-state index in [1.54, 1.807) is 0 Å². The summed E-state index contributed by atoms with van der Waals surface area (Å²) in [5, 5.41) is 0. The fourth-order valence-electron chi connectivity index (χ4n) is 6.25. The highest BCUT2D eigenvalue weighted by atomic mass is 14.4. The van der Waals surface area contributed by atoms with Gasteiger partial charge in [0.25, 0.3) is 0 Å². The van der Waals surface area contributed by atoms with Gasteiger partial charge in [-0.3, -0.25) is 0 Å². The number of hydrogen-bond acceptors (Lipinski definition) is 0. The van der Waals surface area contributed by atoms with Crippen molar-refractivity contribution in [2.24, 2.45) is 0 Å². The molecule has 0 aliphatic heterocycles. The van der Waals surface area contributed by atoms with E-state index in [2.05, 4.69) is 123 Å². The third kappa shape index (κ3) is 2.78. The third-order valence-corrected chi connectivity index (χ3v) is 7.73. The van der Waals surface area contributed by atoms with Crippen molar-refractivity contribution in [1.29, 1.82) is 0 Å². The van der Waals surface area contributed by atoms with Crippen LogP contribution < -0.4 is 0 Å². The number of fused-ring (bicyclic) bond motifs is 6. The molecule has 0 aromatic heterocycles. The maximum atomic E-state index is 2.51. The Balaban J connectivity index is 1.52. The standard InChI is InChI=1S/C34H26/c1-21-13-15-25-27-19-32-28(20-31(27)33(29(25)17-21)23-9-5-3-6-10-23)26-16-14-22(2)18-30(26)34(32)24-11-7-4-8-12-24/h3-20,33-34H,1-2H3. The molecule has 2 aliphatic carbocycles. The van der Waals surface area contributed by atoms with Gasteiger partial charge in [0.1, 0.15) is 0 Å². The minimum absolute atomic E-state index is 0.279. The first kappa shape index (κ1) is 19.6. The van der Waals surface area contributed by atoms with Crippen LogP contribution in [-0.2, 0) is 0 Å². The van der Waals surface area contributed by atoms with E-state index in [4.69, 9.17) is 0 Å². The van der Waals surface area contributed by atoms with Crippen LogP contribution in [0, 0.1) is 13.8 Å².